The summed E-state index contributed by atoms with van der Waals surface area (Å²) in [5, 5.41) is 8.13. The van der Waals surface area contributed by atoms with Gasteiger partial charge in [-0.1, -0.05) is 23.7 Å². The van der Waals surface area contributed by atoms with Crippen LogP contribution >= 0.6 is 11.6 Å². The third-order valence-electron chi connectivity index (χ3n) is 4.60. The van der Waals surface area contributed by atoms with E-state index in [0.717, 1.165) is 0 Å². The van der Waals surface area contributed by atoms with Gasteiger partial charge in [0.15, 0.2) is 0 Å². The zero-order chi connectivity index (χ0) is 19.7. The van der Waals surface area contributed by atoms with Crippen LogP contribution in [-0.2, 0) is 21.4 Å². The molecule has 28 heavy (non-hydrogen) atoms. The summed E-state index contributed by atoms with van der Waals surface area (Å²) in [4.78, 5) is 20.1. The smallest absolute Gasteiger partial charge is 0.243 e. The van der Waals surface area contributed by atoms with Crippen molar-refractivity contribution in [2.45, 2.75) is 23.9 Å². The van der Waals surface area contributed by atoms with Gasteiger partial charge in [-0.2, -0.15) is 9.40 Å². The number of amides is 1. The highest BCUT2D eigenvalue weighted by Crippen LogP contribution is 2.32. The van der Waals surface area contributed by atoms with Gasteiger partial charge in [0.2, 0.25) is 15.9 Å². The van der Waals surface area contributed by atoms with Crippen molar-refractivity contribution in [3.05, 3.63) is 48.3 Å². The highest BCUT2D eigenvalue weighted by Gasteiger charge is 2.34. The van der Waals surface area contributed by atoms with Crippen LogP contribution < -0.4 is 5.32 Å². The lowest BCUT2D eigenvalue weighted by Gasteiger charge is -2.18. The molecule has 0 bridgehead atoms. The molecule has 1 aliphatic rings. The molecule has 0 aliphatic carbocycles. The number of nitrogens with zero attached hydrogens (tertiary/aromatic N) is 5. The van der Waals surface area contributed by atoms with Gasteiger partial charge in [0.25, 0.3) is 0 Å². The first-order valence-electron chi connectivity index (χ1n) is 8.59. The zero-order valence-corrected chi connectivity index (χ0v) is 16.3. The van der Waals surface area contributed by atoms with Crippen molar-refractivity contribution in [3.63, 3.8) is 0 Å². The van der Waals surface area contributed by atoms with E-state index in [1.54, 1.807) is 24.4 Å². The van der Waals surface area contributed by atoms with E-state index in [9.17, 15) is 13.2 Å². The maximum Gasteiger partial charge on any atom is 0.243 e. The molecule has 3 aromatic rings. The fourth-order valence-electron chi connectivity index (χ4n) is 3.31. The second-order valence-electron chi connectivity index (χ2n) is 6.48. The molecule has 1 unspecified atom stereocenters. The SMILES string of the molecule is O=C(Cn1cncn1)NC1CCN(S(=O)(=O)c2cccc3cncc(Cl)c23)C1. The predicted molar refractivity (Wildman–Crippen MR) is 102 cm³/mol. The Balaban J connectivity index is 1.51. The van der Waals surface area contributed by atoms with Crippen molar-refractivity contribution in [3.8, 4) is 0 Å². The van der Waals surface area contributed by atoms with Gasteiger partial charge in [0, 0.05) is 42.3 Å². The lowest BCUT2D eigenvalue weighted by atomic mass is 10.2. The summed E-state index contributed by atoms with van der Waals surface area (Å²) in [6, 6.07) is 4.71. The van der Waals surface area contributed by atoms with E-state index in [2.05, 4.69) is 20.4 Å². The summed E-state index contributed by atoms with van der Waals surface area (Å²) >= 11 is 6.22. The molecule has 1 N–H and O–H groups in total. The number of halogens is 1. The van der Waals surface area contributed by atoms with E-state index in [1.165, 1.54) is 27.8 Å². The molecular formula is C17H17ClN6O3S. The second-order valence-corrected chi connectivity index (χ2v) is 8.80. The molecule has 1 saturated heterocycles. The van der Waals surface area contributed by atoms with Gasteiger partial charge in [0.1, 0.15) is 19.2 Å². The molecule has 0 spiro atoms. The Labute approximate surface area is 166 Å². The highest BCUT2D eigenvalue weighted by molar-refractivity contribution is 7.89. The molecule has 1 atom stereocenters. The van der Waals surface area contributed by atoms with Gasteiger partial charge in [-0.15, -0.1) is 0 Å². The van der Waals surface area contributed by atoms with Crippen LogP contribution in [0.2, 0.25) is 5.02 Å². The van der Waals surface area contributed by atoms with Crippen LogP contribution in [0.1, 0.15) is 6.42 Å². The summed E-state index contributed by atoms with van der Waals surface area (Å²) in [6.45, 7) is 0.551. The van der Waals surface area contributed by atoms with E-state index in [4.69, 9.17) is 11.6 Å². The van der Waals surface area contributed by atoms with Gasteiger partial charge in [-0.25, -0.2) is 18.1 Å². The summed E-state index contributed by atoms with van der Waals surface area (Å²) in [6.07, 6.45) is 6.34. The molecule has 0 saturated carbocycles. The molecule has 146 valence electrons. The molecule has 0 radical (unpaired) electrons. The lowest BCUT2D eigenvalue weighted by molar-refractivity contribution is -0.122. The average Bonchev–Trinajstić information content (AvgIpc) is 3.34. The van der Waals surface area contributed by atoms with Crippen LogP contribution in [0.3, 0.4) is 0 Å². The maximum atomic E-state index is 13.2. The number of nitrogens with one attached hydrogen (secondary N) is 1. The van der Waals surface area contributed by atoms with E-state index in [0.29, 0.717) is 23.7 Å². The molecule has 1 aromatic carbocycles. The maximum absolute atomic E-state index is 13.2. The number of pyridine rings is 1. The van der Waals surface area contributed by atoms with Crippen molar-refractivity contribution in [1.29, 1.82) is 0 Å². The number of aromatic nitrogens is 4. The minimum absolute atomic E-state index is 0.0369. The number of sulfonamides is 1. The quantitative estimate of drug-likeness (QED) is 0.660. The van der Waals surface area contributed by atoms with Crippen molar-refractivity contribution < 1.29 is 13.2 Å². The standard InChI is InChI=1S/C17H17ClN6O3S/c18-14-7-19-6-12-2-1-3-15(17(12)14)28(26,27)24-5-4-13(8-24)22-16(25)9-23-11-20-10-21-23/h1-3,6-7,10-11,13H,4-5,8-9H2,(H,22,25). The third-order valence-corrected chi connectivity index (χ3v) is 6.80. The minimum atomic E-state index is -3.76. The number of benzene rings is 1. The third kappa shape index (κ3) is 3.58. The molecule has 1 fully saturated rings. The molecule has 3 heterocycles. The van der Waals surface area contributed by atoms with Gasteiger partial charge in [0.05, 0.1) is 9.92 Å². The largest absolute Gasteiger partial charge is 0.350 e. The Bertz CT molecular complexity index is 1110. The zero-order valence-electron chi connectivity index (χ0n) is 14.7. The Kier molecular flexibility index (Phi) is 5.00. The monoisotopic (exact) mass is 420 g/mol. The Morgan fingerprint density at radius 3 is 2.93 bits per heavy atom. The van der Waals surface area contributed by atoms with E-state index in [1.807, 2.05) is 0 Å². The molecule has 11 heteroatoms. The molecule has 1 amide bonds. The van der Waals surface area contributed by atoms with Crippen molar-refractivity contribution in [2.75, 3.05) is 13.1 Å². The normalized spacial score (nSPS) is 17.8. The molecule has 9 nitrogen and oxygen atoms in total. The summed E-state index contributed by atoms with van der Waals surface area (Å²) in [5.41, 5.74) is 0. The van der Waals surface area contributed by atoms with Crippen LogP contribution in [0.4, 0.5) is 0 Å². The first-order chi connectivity index (χ1) is 13.4. The van der Waals surface area contributed by atoms with Gasteiger partial charge < -0.3 is 5.32 Å². The highest BCUT2D eigenvalue weighted by atomic mass is 35.5. The number of carbonyl (C=O) groups is 1. The second kappa shape index (κ2) is 7.46. The number of carbonyl (C=O) groups excluding carboxylic acids is 1. The summed E-state index contributed by atoms with van der Waals surface area (Å²) in [5.74, 6) is -0.242. The fourth-order valence-corrected chi connectivity index (χ4v) is 5.37. The van der Waals surface area contributed by atoms with Crippen LogP contribution in [0.15, 0.2) is 48.1 Å². The predicted octanol–water partition coefficient (Wildman–Crippen LogP) is 1.06. The van der Waals surface area contributed by atoms with Gasteiger partial charge in [-0.3, -0.25) is 9.78 Å². The van der Waals surface area contributed by atoms with Crippen LogP contribution in [-0.4, -0.2) is 57.5 Å². The molecular weight excluding hydrogens is 404 g/mol. The molecule has 2 aromatic heterocycles. The molecule has 1 aliphatic heterocycles. The number of rotatable bonds is 5. The van der Waals surface area contributed by atoms with Crippen molar-refractivity contribution in [2.24, 2.45) is 0 Å². The van der Waals surface area contributed by atoms with Crippen LogP contribution in [0.5, 0.6) is 0 Å². The summed E-state index contributed by atoms with van der Waals surface area (Å²) in [7, 11) is -3.76. The fraction of sp³-hybridized carbons (Fsp3) is 0.294. The van der Waals surface area contributed by atoms with Crippen LogP contribution in [0.25, 0.3) is 10.8 Å². The van der Waals surface area contributed by atoms with E-state index >= 15 is 0 Å². The van der Waals surface area contributed by atoms with Gasteiger partial charge in [-0.05, 0) is 12.5 Å². The van der Waals surface area contributed by atoms with E-state index in [-0.39, 0.29) is 35.0 Å². The summed E-state index contributed by atoms with van der Waals surface area (Å²) < 4.78 is 29.2. The van der Waals surface area contributed by atoms with Crippen LogP contribution in [0, 0.1) is 0 Å². The first kappa shape index (κ1) is 18.8. The van der Waals surface area contributed by atoms with E-state index < -0.39 is 10.0 Å². The Morgan fingerprint density at radius 2 is 2.14 bits per heavy atom. The molecule has 4 rings (SSSR count). The minimum Gasteiger partial charge on any atom is -0.350 e. The lowest BCUT2D eigenvalue weighted by Crippen LogP contribution is -2.40. The number of fused-ring (bicyclic) bond motifs is 1. The Morgan fingerprint density at radius 1 is 1.29 bits per heavy atom. The van der Waals surface area contributed by atoms with Crippen molar-refractivity contribution >= 4 is 38.3 Å². The first-order valence-corrected chi connectivity index (χ1v) is 10.4. The Hall–Kier alpha value is -2.56. The number of hydrogen-bond donors (Lipinski definition) is 1. The average molecular weight is 421 g/mol. The number of hydrogen-bond acceptors (Lipinski definition) is 6. The topological polar surface area (TPSA) is 110 Å². The van der Waals surface area contributed by atoms with Crippen molar-refractivity contribution in [1.82, 2.24) is 29.4 Å². The van der Waals surface area contributed by atoms with Gasteiger partial charge >= 0.3 is 0 Å².